The van der Waals surface area contributed by atoms with Gasteiger partial charge in [0.15, 0.2) is 5.78 Å². The molecular weight excluding hydrogens is 312 g/mol. The number of Topliss-reactive ketones (excluding diaryl/α,β-unsaturated/α-hetero) is 1. The minimum absolute atomic E-state index is 0.00388. The van der Waals surface area contributed by atoms with Crippen LogP contribution in [0.1, 0.15) is 28.8 Å². The van der Waals surface area contributed by atoms with E-state index in [9.17, 15) is 9.59 Å². The number of ketones is 1. The summed E-state index contributed by atoms with van der Waals surface area (Å²) in [6, 6.07) is 19.6. The molecule has 132 valence electrons. The number of hydrogen-bond acceptors (Lipinski definition) is 3. The molecule has 2 aromatic rings. The van der Waals surface area contributed by atoms with E-state index < -0.39 is 0 Å². The van der Waals surface area contributed by atoms with Gasteiger partial charge >= 0.3 is 0 Å². The van der Waals surface area contributed by atoms with Crippen molar-refractivity contribution >= 4 is 11.7 Å². The smallest absolute Gasteiger partial charge is 0.220 e. The Bertz CT molecular complexity index is 669. The molecule has 0 spiro atoms. The van der Waals surface area contributed by atoms with Crippen molar-refractivity contribution < 1.29 is 9.59 Å². The van der Waals surface area contributed by atoms with E-state index in [1.54, 1.807) is 12.1 Å². The molecule has 0 aliphatic carbocycles. The van der Waals surface area contributed by atoms with Crippen molar-refractivity contribution in [3.8, 4) is 0 Å². The van der Waals surface area contributed by atoms with E-state index >= 15 is 0 Å². The van der Waals surface area contributed by atoms with Crippen LogP contribution in [0.15, 0.2) is 60.7 Å². The van der Waals surface area contributed by atoms with Crippen LogP contribution < -0.4 is 5.32 Å². The van der Waals surface area contributed by atoms with Gasteiger partial charge < -0.3 is 10.2 Å². The maximum atomic E-state index is 12.1. The van der Waals surface area contributed by atoms with Gasteiger partial charge in [-0.05, 0) is 26.1 Å². The van der Waals surface area contributed by atoms with E-state index in [0.717, 1.165) is 6.42 Å². The number of likely N-dealkylation sites (N-methyl/N-ethyl adjacent to an activating group) is 1. The summed E-state index contributed by atoms with van der Waals surface area (Å²) in [5.74, 6) is -0.0756. The highest BCUT2D eigenvalue weighted by atomic mass is 16.2. The van der Waals surface area contributed by atoms with Gasteiger partial charge in [0.25, 0.3) is 0 Å². The highest BCUT2D eigenvalue weighted by Crippen LogP contribution is 2.07. The number of rotatable bonds is 9. The number of benzene rings is 2. The summed E-state index contributed by atoms with van der Waals surface area (Å²) >= 11 is 0. The molecule has 0 radical (unpaired) electrons. The molecular formula is C21H26N2O2. The lowest BCUT2D eigenvalue weighted by atomic mass is 10.0. The molecule has 2 aromatic carbocycles. The molecule has 25 heavy (non-hydrogen) atoms. The first-order chi connectivity index (χ1) is 12.1. The first-order valence-corrected chi connectivity index (χ1v) is 8.61. The second-order valence-electron chi connectivity index (χ2n) is 6.40. The molecule has 0 aliphatic heterocycles. The molecule has 4 heteroatoms. The number of amides is 1. The van der Waals surface area contributed by atoms with Crippen LogP contribution in [0.2, 0.25) is 0 Å². The molecule has 1 amide bonds. The van der Waals surface area contributed by atoms with Crippen LogP contribution in [0.25, 0.3) is 0 Å². The Hall–Kier alpha value is -2.46. The third-order valence-corrected chi connectivity index (χ3v) is 4.25. The molecule has 2 rings (SSSR count). The van der Waals surface area contributed by atoms with Crippen molar-refractivity contribution in [1.82, 2.24) is 10.2 Å². The third-order valence-electron chi connectivity index (χ3n) is 4.25. The van der Waals surface area contributed by atoms with Gasteiger partial charge in [0.1, 0.15) is 0 Å². The van der Waals surface area contributed by atoms with Crippen LogP contribution >= 0.6 is 0 Å². The fraction of sp³-hybridized carbons (Fsp3) is 0.333. The maximum Gasteiger partial charge on any atom is 0.220 e. The molecule has 0 fully saturated rings. The lowest BCUT2D eigenvalue weighted by molar-refractivity contribution is -0.121. The number of carbonyl (C=O) groups excluding carboxylic acids is 2. The van der Waals surface area contributed by atoms with Crippen LogP contribution in [0.5, 0.6) is 0 Å². The SMILES string of the molecule is CN(C)[C@H](CNC(=O)CCC(=O)c1ccccc1)Cc1ccccc1. The van der Waals surface area contributed by atoms with Gasteiger partial charge in [-0.2, -0.15) is 0 Å². The van der Waals surface area contributed by atoms with Crippen molar-refractivity contribution in [3.63, 3.8) is 0 Å². The lowest BCUT2D eigenvalue weighted by Gasteiger charge is -2.24. The normalized spacial score (nSPS) is 12.0. The average Bonchev–Trinajstić information content (AvgIpc) is 2.64. The molecule has 0 saturated heterocycles. The predicted molar refractivity (Wildman–Crippen MR) is 101 cm³/mol. The summed E-state index contributed by atoms with van der Waals surface area (Å²) in [7, 11) is 4.03. The molecule has 1 atom stereocenters. The van der Waals surface area contributed by atoms with E-state index in [-0.39, 0.29) is 30.6 Å². The number of carbonyl (C=O) groups is 2. The van der Waals surface area contributed by atoms with Gasteiger partial charge in [0.2, 0.25) is 5.91 Å². The van der Waals surface area contributed by atoms with E-state index in [4.69, 9.17) is 0 Å². The second-order valence-corrected chi connectivity index (χ2v) is 6.40. The van der Waals surface area contributed by atoms with Crippen LogP contribution in [-0.4, -0.2) is 43.3 Å². The predicted octanol–water partition coefficient (Wildman–Crippen LogP) is 2.94. The summed E-state index contributed by atoms with van der Waals surface area (Å²) in [5, 5.41) is 2.96. The molecule has 0 bridgehead atoms. The number of hydrogen-bond donors (Lipinski definition) is 1. The van der Waals surface area contributed by atoms with Gasteiger partial charge in [-0.15, -0.1) is 0 Å². The average molecular weight is 338 g/mol. The Morgan fingerprint density at radius 2 is 1.52 bits per heavy atom. The maximum absolute atomic E-state index is 12.1. The summed E-state index contributed by atoms with van der Waals surface area (Å²) in [6.45, 7) is 0.570. The van der Waals surface area contributed by atoms with Gasteiger partial charge in [-0.3, -0.25) is 9.59 Å². The van der Waals surface area contributed by atoms with Crippen molar-refractivity contribution in [2.24, 2.45) is 0 Å². The van der Waals surface area contributed by atoms with E-state index in [0.29, 0.717) is 12.1 Å². The molecule has 1 N–H and O–H groups in total. The Morgan fingerprint density at radius 3 is 2.12 bits per heavy atom. The molecule has 4 nitrogen and oxygen atoms in total. The largest absolute Gasteiger partial charge is 0.355 e. The van der Waals surface area contributed by atoms with E-state index in [2.05, 4.69) is 22.3 Å². The zero-order chi connectivity index (χ0) is 18.1. The molecule has 0 aromatic heterocycles. The summed E-state index contributed by atoms with van der Waals surface area (Å²) in [5.41, 5.74) is 1.90. The minimum Gasteiger partial charge on any atom is -0.355 e. The molecule has 0 aliphatic rings. The fourth-order valence-electron chi connectivity index (χ4n) is 2.64. The second kappa shape index (κ2) is 9.74. The molecule has 0 heterocycles. The van der Waals surface area contributed by atoms with Gasteiger partial charge in [-0.1, -0.05) is 60.7 Å². The number of nitrogens with zero attached hydrogens (tertiary/aromatic N) is 1. The van der Waals surface area contributed by atoms with Gasteiger partial charge in [-0.25, -0.2) is 0 Å². The zero-order valence-corrected chi connectivity index (χ0v) is 14.9. The Morgan fingerprint density at radius 1 is 0.920 bits per heavy atom. The lowest BCUT2D eigenvalue weighted by Crippen LogP contribution is -2.41. The van der Waals surface area contributed by atoms with E-state index in [1.165, 1.54) is 5.56 Å². The number of nitrogens with one attached hydrogen (secondary N) is 1. The Kier molecular flexibility index (Phi) is 7.36. The summed E-state index contributed by atoms with van der Waals surface area (Å²) < 4.78 is 0. The topological polar surface area (TPSA) is 49.4 Å². The fourth-order valence-corrected chi connectivity index (χ4v) is 2.64. The highest BCUT2D eigenvalue weighted by molar-refractivity contribution is 5.97. The zero-order valence-electron chi connectivity index (χ0n) is 14.9. The van der Waals surface area contributed by atoms with E-state index in [1.807, 2.05) is 50.5 Å². The summed E-state index contributed by atoms with van der Waals surface area (Å²) in [6.07, 6.45) is 1.33. The highest BCUT2D eigenvalue weighted by Gasteiger charge is 2.14. The van der Waals surface area contributed by atoms with Crippen molar-refractivity contribution in [1.29, 1.82) is 0 Å². The summed E-state index contributed by atoms with van der Waals surface area (Å²) in [4.78, 5) is 26.2. The standard InChI is InChI=1S/C21H26N2O2/c1-23(2)19(15-17-9-5-3-6-10-17)16-22-21(25)14-13-20(24)18-11-7-4-8-12-18/h3-12,19H,13-16H2,1-2H3,(H,22,25)/t19-/m0/s1. The van der Waals surface area contributed by atoms with Crippen LogP contribution in [0, 0.1) is 0 Å². The third kappa shape index (κ3) is 6.51. The van der Waals surface area contributed by atoms with Gasteiger partial charge in [0.05, 0.1) is 0 Å². The molecule has 0 unspecified atom stereocenters. The quantitative estimate of drug-likeness (QED) is 0.715. The minimum atomic E-state index is -0.0795. The Balaban J connectivity index is 1.78. The first kappa shape index (κ1) is 18.9. The van der Waals surface area contributed by atoms with Gasteiger partial charge in [0, 0.05) is 31.0 Å². The van der Waals surface area contributed by atoms with Crippen molar-refractivity contribution in [3.05, 3.63) is 71.8 Å². The first-order valence-electron chi connectivity index (χ1n) is 8.61. The van der Waals surface area contributed by atoms with Crippen LogP contribution in [0.4, 0.5) is 0 Å². The molecule has 0 saturated carbocycles. The van der Waals surface area contributed by atoms with Crippen molar-refractivity contribution in [2.75, 3.05) is 20.6 Å². The Labute approximate surface area is 149 Å². The monoisotopic (exact) mass is 338 g/mol. The van der Waals surface area contributed by atoms with Crippen LogP contribution in [-0.2, 0) is 11.2 Å². The van der Waals surface area contributed by atoms with Crippen LogP contribution in [0.3, 0.4) is 0 Å². The van der Waals surface area contributed by atoms with Crippen molar-refractivity contribution in [2.45, 2.75) is 25.3 Å².